The fourth-order valence-electron chi connectivity index (χ4n) is 1.76. The summed E-state index contributed by atoms with van der Waals surface area (Å²) in [5.74, 6) is 0. The molecule has 4 nitrogen and oxygen atoms in total. The maximum absolute atomic E-state index is 12.8. The molecule has 1 unspecified atom stereocenters. The first-order chi connectivity index (χ1) is 9.41. The average molecular weight is 286 g/mol. The molecule has 0 amide bonds. The Kier molecular flexibility index (Phi) is 4.10. The second-order valence-electron chi connectivity index (χ2n) is 4.29. The summed E-state index contributed by atoms with van der Waals surface area (Å²) in [5, 5.41) is 21.2. The smallest absolute Gasteiger partial charge is 0.394 e. The van der Waals surface area contributed by atoms with E-state index in [9.17, 15) is 18.3 Å². The van der Waals surface area contributed by atoms with Gasteiger partial charge in [0.2, 0.25) is 0 Å². The molecule has 2 rings (SSSR count). The van der Waals surface area contributed by atoms with Crippen LogP contribution in [-0.2, 0) is 6.18 Å². The Bertz CT molecular complexity index is 602. The molecule has 3 N–H and O–H groups in total. The first kappa shape index (κ1) is 14.5. The van der Waals surface area contributed by atoms with E-state index >= 15 is 0 Å². The van der Waals surface area contributed by atoms with Crippen molar-refractivity contribution in [2.24, 2.45) is 0 Å². The molecule has 0 radical (unpaired) electrons. The molecular weight excluding hydrogens is 273 g/mol. The molecule has 20 heavy (non-hydrogen) atoms. The maximum Gasteiger partial charge on any atom is 0.433 e. The van der Waals surface area contributed by atoms with E-state index in [1.807, 2.05) is 0 Å². The Morgan fingerprint density at radius 1 is 1.25 bits per heavy atom. The molecular formula is C13H13F3N2O2. The molecule has 1 heterocycles. The van der Waals surface area contributed by atoms with Gasteiger partial charge in [-0.1, -0.05) is 18.2 Å². The van der Waals surface area contributed by atoms with E-state index in [0.717, 1.165) is 6.07 Å². The lowest BCUT2D eigenvalue weighted by molar-refractivity contribution is -0.140. The molecule has 108 valence electrons. The van der Waals surface area contributed by atoms with Gasteiger partial charge in [-0.05, 0) is 12.1 Å². The Morgan fingerprint density at radius 3 is 2.60 bits per heavy atom. The topological polar surface area (TPSA) is 65.4 Å². The standard InChI is InChI=1S/C13H13F3N2O2/c14-13(15,16)12-5-11(17-6-8(20)7-19)9-3-1-2-4-10(9)18-12/h1-5,8,19-20H,6-7H2,(H,17,18). The summed E-state index contributed by atoms with van der Waals surface area (Å²) in [5.41, 5.74) is -0.573. The predicted molar refractivity (Wildman–Crippen MR) is 68.3 cm³/mol. The Balaban J connectivity index is 2.44. The van der Waals surface area contributed by atoms with Crippen LogP contribution in [0.5, 0.6) is 0 Å². The highest BCUT2D eigenvalue weighted by atomic mass is 19.4. The van der Waals surface area contributed by atoms with Crippen molar-refractivity contribution in [1.29, 1.82) is 0 Å². The van der Waals surface area contributed by atoms with Crippen molar-refractivity contribution in [3.8, 4) is 0 Å². The number of para-hydroxylation sites is 1. The van der Waals surface area contributed by atoms with Crippen LogP contribution in [0.4, 0.5) is 18.9 Å². The number of alkyl halides is 3. The number of pyridine rings is 1. The van der Waals surface area contributed by atoms with E-state index in [1.54, 1.807) is 18.2 Å². The van der Waals surface area contributed by atoms with Gasteiger partial charge in [-0.2, -0.15) is 13.2 Å². The van der Waals surface area contributed by atoms with Crippen LogP contribution < -0.4 is 5.32 Å². The molecule has 0 saturated heterocycles. The minimum Gasteiger partial charge on any atom is -0.394 e. The van der Waals surface area contributed by atoms with Gasteiger partial charge < -0.3 is 15.5 Å². The van der Waals surface area contributed by atoms with Crippen LogP contribution in [0.3, 0.4) is 0 Å². The summed E-state index contributed by atoms with van der Waals surface area (Å²) in [7, 11) is 0. The van der Waals surface area contributed by atoms with Crippen molar-refractivity contribution in [3.05, 3.63) is 36.0 Å². The minimum absolute atomic E-state index is 0.0538. The number of aliphatic hydroxyl groups is 2. The van der Waals surface area contributed by atoms with E-state index in [-0.39, 0.29) is 17.7 Å². The van der Waals surface area contributed by atoms with Gasteiger partial charge in [0.05, 0.1) is 18.2 Å². The van der Waals surface area contributed by atoms with Crippen molar-refractivity contribution in [2.75, 3.05) is 18.5 Å². The molecule has 0 spiro atoms. The number of nitrogens with one attached hydrogen (secondary N) is 1. The number of halogens is 3. The van der Waals surface area contributed by atoms with E-state index in [0.29, 0.717) is 5.39 Å². The number of hydrogen-bond acceptors (Lipinski definition) is 4. The SMILES string of the molecule is OCC(O)CNc1cc(C(F)(F)F)nc2ccccc12. The number of anilines is 1. The second kappa shape index (κ2) is 5.64. The quantitative estimate of drug-likeness (QED) is 0.804. The van der Waals surface area contributed by atoms with E-state index in [1.165, 1.54) is 6.07 Å². The molecule has 1 atom stereocenters. The average Bonchev–Trinajstić information content (AvgIpc) is 2.43. The fraction of sp³-hybridized carbons (Fsp3) is 0.308. The van der Waals surface area contributed by atoms with Crippen LogP contribution in [0.1, 0.15) is 5.69 Å². The molecule has 1 aromatic carbocycles. The highest BCUT2D eigenvalue weighted by Gasteiger charge is 2.33. The number of nitrogens with zero attached hydrogens (tertiary/aromatic N) is 1. The van der Waals surface area contributed by atoms with Crippen molar-refractivity contribution >= 4 is 16.6 Å². The first-order valence-electron chi connectivity index (χ1n) is 5.91. The molecule has 0 bridgehead atoms. The zero-order valence-corrected chi connectivity index (χ0v) is 10.4. The van der Waals surface area contributed by atoms with Gasteiger partial charge in [0, 0.05) is 17.6 Å². The van der Waals surface area contributed by atoms with Crippen LogP contribution in [0.15, 0.2) is 30.3 Å². The van der Waals surface area contributed by atoms with Crippen molar-refractivity contribution in [1.82, 2.24) is 4.98 Å². The molecule has 2 aromatic rings. The monoisotopic (exact) mass is 286 g/mol. The molecule has 0 aliphatic rings. The predicted octanol–water partition coefficient (Wildman–Crippen LogP) is 2.02. The van der Waals surface area contributed by atoms with Gasteiger partial charge >= 0.3 is 6.18 Å². The third-order valence-corrected chi connectivity index (χ3v) is 2.75. The Morgan fingerprint density at radius 2 is 1.95 bits per heavy atom. The minimum atomic E-state index is -4.55. The van der Waals surface area contributed by atoms with Crippen molar-refractivity contribution in [2.45, 2.75) is 12.3 Å². The fourth-order valence-corrected chi connectivity index (χ4v) is 1.76. The zero-order chi connectivity index (χ0) is 14.8. The summed E-state index contributed by atoms with van der Waals surface area (Å²) in [4.78, 5) is 3.58. The molecule has 0 fully saturated rings. The number of aliphatic hydroxyl groups excluding tert-OH is 2. The number of aromatic nitrogens is 1. The lowest BCUT2D eigenvalue weighted by atomic mass is 10.1. The molecule has 0 aliphatic carbocycles. The normalized spacial score (nSPS) is 13.4. The third kappa shape index (κ3) is 3.17. The zero-order valence-electron chi connectivity index (χ0n) is 10.4. The summed E-state index contributed by atoms with van der Waals surface area (Å²) in [6.07, 6.45) is -5.59. The maximum atomic E-state index is 12.8. The van der Waals surface area contributed by atoms with Gasteiger partial charge in [-0.15, -0.1) is 0 Å². The van der Waals surface area contributed by atoms with Gasteiger partial charge in [0.25, 0.3) is 0 Å². The largest absolute Gasteiger partial charge is 0.433 e. The van der Waals surface area contributed by atoms with E-state index in [2.05, 4.69) is 10.3 Å². The molecule has 0 saturated carbocycles. The number of rotatable bonds is 4. The lowest BCUT2D eigenvalue weighted by Crippen LogP contribution is -2.23. The lowest BCUT2D eigenvalue weighted by Gasteiger charge is -2.15. The van der Waals surface area contributed by atoms with Gasteiger partial charge in [-0.25, -0.2) is 4.98 Å². The Hall–Kier alpha value is -1.86. The summed E-state index contributed by atoms with van der Waals surface area (Å²) in [6.45, 7) is -0.524. The van der Waals surface area contributed by atoms with Crippen LogP contribution in [0.2, 0.25) is 0 Å². The van der Waals surface area contributed by atoms with E-state index in [4.69, 9.17) is 5.11 Å². The van der Waals surface area contributed by atoms with Gasteiger partial charge in [0.15, 0.2) is 0 Å². The first-order valence-corrected chi connectivity index (χ1v) is 5.91. The van der Waals surface area contributed by atoms with Crippen LogP contribution >= 0.6 is 0 Å². The molecule has 7 heteroatoms. The van der Waals surface area contributed by atoms with Crippen molar-refractivity contribution < 1.29 is 23.4 Å². The number of hydrogen-bond donors (Lipinski definition) is 3. The van der Waals surface area contributed by atoms with Crippen LogP contribution in [-0.4, -0.2) is 34.5 Å². The highest BCUT2D eigenvalue weighted by molar-refractivity contribution is 5.91. The number of benzene rings is 1. The summed E-state index contributed by atoms with van der Waals surface area (Å²) >= 11 is 0. The summed E-state index contributed by atoms with van der Waals surface area (Å²) < 4.78 is 38.3. The summed E-state index contributed by atoms with van der Waals surface area (Å²) in [6, 6.07) is 7.30. The van der Waals surface area contributed by atoms with Gasteiger partial charge in [0.1, 0.15) is 5.69 Å². The molecule has 1 aromatic heterocycles. The second-order valence-corrected chi connectivity index (χ2v) is 4.29. The third-order valence-electron chi connectivity index (χ3n) is 2.75. The van der Waals surface area contributed by atoms with Crippen LogP contribution in [0.25, 0.3) is 10.9 Å². The number of fused-ring (bicyclic) bond motifs is 1. The van der Waals surface area contributed by atoms with E-state index < -0.39 is 24.6 Å². The van der Waals surface area contributed by atoms with Gasteiger partial charge in [-0.3, -0.25) is 0 Å². The van der Waals surface area contributed by atoms with Crippen molar-refractivity contribution in [3.63, 3.8) is 0 Å². The highest BCUT2D eigenvalue weighted by Crippen LogP contribution is 2.32. The Labute approximate surface area is 112 Å². The molecule has 0 aliphatic heterocycles. The van der Waals surface area contributed by atoms with Crippen LogP contribution in [0, 0.1) is 0 Å².